The molecule has 0 saturated carbocycles. The average molecular weight is 318 g/mol. The van der Waals surface area contributed by atoms with Crippen LogP contribution in [0, 0.1) is 5.41 Å². The molecule has 0 fully saturated rings. The van der Waals surface area contributed by atoms with E-state index in [-0.39, 0.29) is 32.8 Å². The number of rotatable bonds is 9. The lowest BCUT2D eigenvalue weighted by Crippen LogP contribution is -2.43. The van der Waals surface area contributed by atoms with E-state index in [9.17, 15) is 19.2 Å². The predicted octanol–water partition coefficient (Wildman–Crippen LogP) is 0.615. The molecule has 0 aliphatic carbocycles. The minimum atomic E-state index is -1.14. The van der Waals surface area contributed by atoms with Crippen molar-refractivity contribution >= 4 is 23.9 Å². The molecule has 0 aromatic rings. The lowest BCUT2D eigenvalue weighted by atomic mass is 9.92. The summed E-state index contributed by atoms with van der Waals surface area (Å²) in [6.07, 6.45) is 0.158. The van der Waals surface area contributed by atoms with Crippen LogP contribution in [-0.2, 0) is 38.1 Å². The number of carbonyl (C=O) groups is 4. The van der Waals surface area contributed by atoms with Crippen molar-refractivity contribution in [2.45, 2.75) is 34.1 Å². The van der Waals surface area contributed by atoms with Gasteiger partial charge in [0.05, 0.1) is 0 Å². The van der Waals surface area contributed by atoms with Gasteiger partial charge in [0.15, 0.2) is 0 Å². The molecule has 0 bridgehead atoms. The Morgan fingerprint density at radius 3 is 1.27 bits per heavy atom. The fourth-order valence-electron chi connectivity index (χ4n) is 1.35. The lowest BCUT2D eigenvalue weighted by molar-refractivity contribution is -0.168. The standard InChI is InChI=1S/C14H22O8/c1-5-13(18)22-9-14(6-19-10(2)15,7-20-11(3)16)8-21-12(4)17/h5-9H2,1-4H3. The van der Waals surface area contributed by atoms with Crippen molar-refractivity contribution in [1.29, 1.82) is 0 Å². The zero-order valence-electron chi connectivity index (χ0n) is 13.3. The summed E-state index contributed by atoms with van der Waals surface area (Å²) >= 11 is 0. The van der Waals surface area contributed by atoms with Gasteiger partial charge in [0.25, 0.3) is 0 Å². The summed E-state index contributed by atoms with van der Waals surface area (Å²) in [6.45, 7) is 4.36. The Balaban J connectivity index is 5.06. The van der Waals surface area contributed by atoms with Crippen molar-refractivity contribution in [1.82, 2.24) is 0 Å². The normalized spacial score (nSPS) is 10.5. The first-order chi connectivity index (χ1) is 10.2. The van der Waals surface area contributed by atoms with Gasteiger partial charge in [0, 0.05) is 27.2 Å². The molecule has 0 rings (SSSR count). The third kappa shape index (κ3) is 8.93. The maximum absolute atomic E-state index is 11.3. The molecule has 0 aromatic heterocycles. The molecule has 0 saturated heterocycles. The van der Waals surface area contributed by atoms with Gasteiger partial charge in [-0.1, -0.05) is 6.92 Å². The second-order valence-corrected chi connectivity index (χ2v) is 4.86. The van der Waals surface area contributed by atoms with E-state index >= 15 is 0 Å². The van der Waals surface area contributed by atoms with Crippen LogP contribution >= 0.6 is 0 Å². The maximum atomic E-state index is 11.3. The van der Waals surface area contributed by atoms with E-state index in [2.05, 4.69) is 0 Å². The Labute approximate surface area is 129 Å². The number of hydrogen-bond donors (Lipinski definition) is 0. The van der Waals surface area contributed by atoms with Crippen LogP contribution in [0.4, 0.5) is 0 Å². The summed E-state index contributed by atoms with van der Waals surface area (Å²) in [5.41, 5.74) is -1.14. The largest absolute Gasteiger partial charge is 0.465 e. The van der Waals surface area contributed by atoms with Crippen LogP contribution in [-0.4, -0.2) is 50.3 Å². The molecule has 0 aromatic carbocycles. The van der Waals surface area contributed by atoms with Gasteiger partial charge in [-0.25, -0.2) is 0 Å². The van der Waals surface area contributed by atoms with Crippen LogP contribution in [0.25, 0.3) is 0 Å². The molecule has 0 unspecified atom stereocenters. The molecule has 0 N–H and O–H groups in total. The molecule has 0 aliphatic rings. The van der Waals surface area contributed by atoms with Crippen molar-refractivity contribution in [3.8, 4) is 0 Å². The van der Waals surface area contributed by atoms with Crippen molar-refractivity contribution in [3.63, 3.8) is 0 Å². The number of ether oxygens (including phenoxy) is 4. The number of hydrogen-bond acceptors (Lipinski definition) is 8. The first-order valence-electron chi connectivity index (χ1n) is 6.76. The maximum Gasteiger partial charge on any atom is 0.305 e. The Hall–Kier alpha value is -2.12. The Morgan fingerprint density at radius 1 is 0.682 bits per heavy atom. The van der Waals surface area contributed by atoms with E-state index < -0.39 is 29.3 Å². The fourth-order valence-corrected chi connectivity index (χ4v) is 1.35. The average Bonchev–Trinajstić information content (AvgIpc) is 2.45. The van der Waals surface area contributed by atoms with Crippen LogP contribution in [0.1, 0.15) is 34.1 Å². The van der Waals surface area contributed by atoms with Crippen LogP contribution in [0.2, 0.25) is 0 Å². The molecule has 0 aliphatic heterocycles. The first-order valence-corrected chi connectivity index (χ1v) is 6.76. The molecular formula is C14H22O8. The van der Waals surface area contributed by atoms with E-state index in [1.807, 2.05) is 0 Å². The highest BCUT2D eigenvalue weighted by Crippen LogP contribution is 2.21. The predicted molar refractivity (Wildman–Crippen MR) is 73.6 cm³/mol. The van der Waals surface area contributed by atoms with E-state index in [0.717, 1.165) is 0 Å². The smallest absolute Gasteiger partial charge is 0.305 e. The topological polar surface area (TPSA) is 105 Å². The van der Waals surface area contributed by atoms with Crippen LogP contribution < -0.4 is 0 Å². The van der Waals surface area contributed by atoms with Crippen LogP contribution in [0.3, 0.4) is 0 Å². The zero-order valence-corrected chi connectivity index (χ0v) is 13.3. The van der Waals surface area contributed by atoms with Gasteiger partial charge >= 0.3 is 23.9 Å². The van der Waals surface area contributed by atoms with Crippen LogP contribution in [0.5, 0.6) is 0 Å². The molecular weight excluding hydrogens is 296 g/mol. The van der Waals surface area contributed by atoms with Crippen molar-refractivity contribution in [3.05, 3.63) is 0 Å². The van der Waals surface area contributed by atoms with Crippen molar-refractivity contribution in [2.24, 2.45) is 5.41 Å². The molecule has 8 heteroatoms. The summed E-state index contributed by atoms with van der Waals surface area (Å²) in [7, 11) is 0. The van der Waals surface area contributed by atoms with Crippen molar-refractivity contribution in [2.75, 3.05) is 26.4 Å². The molecule has 0 atom stereocenters. The minimum absolute atomic E-state index is 0.158. The molecule has 0 amide bonds. The van der Waals surface area contributed by atoms with Gasteiger partial charge in [-0.05, 0) is 0 Å². The SMILES string of the molecule is CCC(=O)OCC(COC(C)=O)(COC(C)=O)COC(C)=O. The van der Waals surface area contributed by atoms with Gasteiger partial charge in [0.2, 0.25) is 0 Å². The Bertz CT molecular complexity index is 370. The fraction of sp³-hybridized carbons (Fsp3) is 0.714. The van der Waals surface area contributed by atoms with Gasteiger partial charge in [-0.3, -0.25) is 19.2 Å². The van der Waals surface area contributed by atoms with E-state index in [1.54, 1.807) is 6.92 Å². The molecule has 0 heterocycles. The monoisotopic (exact) mass is 318 g/mol. The highest BCUT2D eigenvalue weighted by Gasteiger charge is 2.37. The van der Waals surface area contributed by atoms with Gasteiger partial charge in [-0.2, -0.15) is 0 Å². The van der Waals surface area contributed by atoms with Gasteiger partial charge < -0.3 is 18.9 Å². The van der Waals surface area contributed by atoms with Crippen LogP contribution in [0.15, 0.2) is 0 Å². The second-order valence-electron chi connectivity index (χ2n) is 4.86. The highest BCUT2D eigenvalue weighted by atomic mass is 16.6. The zero-order chi connectivity index (χ0) is 17.2. The minimum Gasteiger partial charge on any atom is -0.465 e. The summed E-state index contributed by atoms with van der Waals surface area (Å²) < 4.78 is 19.8. The second kappa shape index (κ2) is 9.75. The molecule has 0 spiro atoms. The van der Waals surface area contributed by atoms with E-state index in [4.69, 9.17) is 18.9 Å². The lowest BCUT2D eigenvalue weighted by Gasteiger charge is -2.31. The van der Waals surface area contributed by atoms with E-state index in [0.29, 0.717) is 0 Å². The molecule has 8 nitrogen and oxygen atoms in total. The quantitative estimate of drug-likeness (QED) is 0.450. The highest BCUT2D eigenvalue weighted by molar-refractivity contribution is 5.69. The molecule has 22 heavy (non-hydrogen) atoms. The first kappa shape index (κ1) is 19.9. The Morgan fingerprint density at radius 2 is 1.00 bits per heavy atom. The summed E-state index contributed by atoms with van der Waals surface area (Å²) in [4.78, 5) is 44.4. The summed E-state index contributed by atoms with van der Waals surface area (Å²) in [5.74, 6) is -2.15. The summed E-state index contributed by atoms with van der Waals surface area (Å²) in [6, 6.07) is 0. The number of esters is 4. The third-order valence-electron chi connectivity index (χ3n) is 2.57. The summed E-state index contributed by atoms with van der Waals surface area (Å²) in [5, 5.41) is 0. The van der Waals surface area contributed by atoms with E-state index in [1.165, 1.54) is 20.8 Å². The Kier molecular flexibility index (Phi) is 8.81. The number of carbonyl (C=O) groups excluding carboxylic acids is 4. The van der Waals surface area contributed by atoms with Crippen molar-refractivity contribution < 1.29 is 38.1 Å². The van der Waals surface area contributed by atoms with Gasteiger partial charge in [0.1, 0.15) is 31.8 Å². The molecule has 126 valence electrons. The molecule has 0 radical (unpaired) electrons. The third-order valence-corrected chi connectivity index (χ3v) is 2.57. The van der Waals surface area contributed by atoms with Gasteiger partial charge in [-0.15, -0.1) is 0 Å².